The lowest BCUT2D eigenvalue weighted by atomic mass is 10.2. The molecular weight excluding hydrogens is 324 g/mol. The van der Waals surface area contributed by atoms with Crippen molar-refractivity contribution in [3.05, 3.63) is 51.9 Å². The molecule has 114 valence electrons. The third-order valence-corrected chi connectivity index (χ3v) is 3.03. The van der Waals surface area contributed by atoms with Gasteiger partial charge in [-0.2, -0.15) is 13.2 Å². The Hall–Kier alpha value is -1.33. The SMILES string of the molecule is CC/C=C(Cl)/C(=C(Cl)\N=C(/C)c1ccccn1)C(F)(F)F. The van der Waals surface area contributed by atoms with Gasteiger partial charge in [0, 0.05) is 6.20 Å². The number of nitrogens with zero attached hydrogens (tertiary/aromatic N) is 2. The molecule has 0 atom stereocenters. The molecule has 0 aliphatic heterocycles. The van der Waals surface area contributed by atoms with Gasteiger partial charge in [0.25, 0.3) is 0 Å². The standard InChI is InChI=1S/C14H13Cl2F3N2/c1-3-6-10(15)12(14(17,18)19)13(16)21-9(2)11-7-4-5-8-20-11/h4-8H,3H2,1-2H3/b10-6-,13-12+,21-9+. The third kappa shape index (κ3) is 5.17. The molecule has 1 aromatic heterocycles. The van der Waals surface area contributed by atoms with E-state index in [1.54, 1.807) is 25.1 Å². The highest BCUT2D eigenvalue weighted by Crippen LogP contribution is 2.37. The van der Waals surface area contributed by atoms with Gasteiger partial charge in [0.1, 0.15) is 10.7 Å². The minimum absolute atomic E-state index is 0.267. The van der Waals surface area contributed by atoms with Crippen molar-refractivity contribution in [2.24, 2.45) is 4.99 Å². The number of aliphatic imine (C=N–C) groups is 1. The summed E-state index contributed by atoms with van der Waals surface area (Å²) < 4.78 is 39.1. The molecule has 0 aromatic carbocycles. The monoisotopic (exact) mass is 336 g/mol. The summed E-state index contributed by atoms with van der Waals surface area (Å²) >= 11 is 11.4. The summed E-state index contributed by atoms with van der Waals surface area (Å²) in [5.74, 6) is 0. The molecule has 0 bridgehead atoms. The molecule has 0 aliphatic rings. The van der Waals surface area contributed by atoms with Crippen molar-refractivity contribution in [2.45, 2.75) is 26.4 Å². The van der Waals surface area contributed by atoms with Gasteiger partial charge in [-0.25, -0.2) is 4.99 Å². The van der Waals surface area contributed by atoms with Crippen LogP contribution in [0.1, 0.15) is 26.0 Å². The quantitative estimate of drug-likeness (QED) is 0.408. The van der Waals surface area contributed by atoms with Crippen LogP contribution in [0.5, 0.6) is 0 Å². The van der Waals surface area contributed by atoms with Crippen LogP contribution in [-0.2, 0) is 0 Å². The van der Waals surface area contributed by atoms with Gasteiger partial charge in [-0.15, -0.1) is 0 Å². The van der Waals surface area contributed by atoms with Gasteiger partial charge in [0.2, 0.25) is 0 Å². The van der Waals surface area contributed by atoms with E-state index in [-0.39, 0.29) is 5.71 Å². The number of aromatic nitrogens is 1. The van der Waals surface area contributed by atoms with Gasteiger partial charge < -0.3 is 0 Å². The average molecular weight is 337 g/mol. The molecule has 0 fully saturated rings. The first kappa shape index (κ1) is 17.7. The lowest BCUT2D eigenvalue weighted by molar-refractivity contribution is -0.0890. The second-order valence-corrected chi connectivity index (χ2v) is 4.80. The largest absolute Gasteiger partial charge is 0.420 e. The van der Waals surface area contributed by atoms with Crippen molar-refractivity contribution in [1.29, 1.82) is 0 Å². The van der Waals surface area contributed by atoms with E-state index < -0.39 is 21.9 Å². The summed E-state index contributed by atoms with van der Waals surface area (Å²) in [7, 11) is 0. The van der Waals surface area contributed by atoms with Crippen LogP contribution in [-0.4, -0.2) is 16.9 Å². The molecule has 0 spiro atoms. The summed E-state index contributed by atoms with van der Waals surface area (Å²) in [6.07, 6.45) is -1.59. The van der Waals surface area contributed by atoms with Crippen molar-refractivity contribution in [3.63, 3.8) is 0 Å². The van der Waals surface area contributed by atoms with Crippen molar-refractivity contribution >= 4 is 28.9 Å². The number of hydrogen-bond donors (Lipinski definition) is 0. The van der Waals surface area contributed by atoms with Crippen molar-refractivity contribution in [3.8, 4) is 0 Å². The number of halogens is 5. The fraction of sp³-hybridized carbons (Fsp3) is 0.286. The van der Waals surface area contributed by atoms with Crippen LogP contribution in [0, 0.1) is 0 Å². The Balaban J connectivity index is 3.32. The molecule has 1 heterocycles. The van der Waals surface area contributed by atoms with Crippen LogP contribution in [0.3, 0.4) is 0 Å². The Morgan fingerprint density at radius 3 is 2.48 bits per heavy atom. The van der Waals surface area contributed by atoms with E-state index in [1.807, 2.05) is 0 Å². The molecule has 0 saturated carbocycles. The molecular formula is C14H13Cl2F3N2. The highest BCUT2D eigenvalue weighted by Gasteiger charge is 2.38. The minimum atomic E-state index is -4.69. The van der Waals surface area contributed by atoms with Gasteiger partial charge >= 0.3 is 6.18 Å². The lowest BCUT2D eigenvalue weighted by Gasteiger charge is -2.12. The molecule has 1 aromatic rings. The van der Waals surface area contributed by atoms with Crippen LogP contribution >= 0.6 is 23.2 Å². The highest BCUT2D eigenvalue weighted by atomic mass is 35.5. The van der Waals surface area contributed by atoms with Gasteiger partial charge in [0.05, 0.1) is 16.4 Å². The summed E-state index contributed by atoms with van der Waals surface area (Å²) in [6, 6.07) is 5.02. The van der Waals surface area contributed by atoms with Crippen LogP contribution < -0.4 is 0 Å². The zero-order valence-electron chi connectivity index (χ0n) is 11.4. The second-order valence-electron chi connectivity index (χ2n) is 4.04. The molecule has 0 saturated heterocycles. The molecule has 0 radical (unpaired) electrons. The van der Waals surface area contributed by atoms with E-state index in [4.69, 9.17) is 23.2 Å². The molecule has 0 amide bonds. The molecule has 7 heteroatoms. The Bertz CT molecular complexity index is 576. The zero-order valence-corrected chi connectivity index (χ0v) is 12.9. The van der Waals surface area contributed by atoms with Crippen molar-refractivity contribution in [1.82, 2.24) is 4.98 Å². The van der Waals surface area contributed by atoms with Crippen LogP contribution in [0.25, 0.3) is 0 Å². The molecule has 21 heavy (non-hydrogen) atoms. The summed E-state index contributed by atoms with van der Waals surface area (Å²) in [5.41, 5.74) is -0.445. The van der Waals surface area contributed by atoms with Gasteiger partial charge in [-0.05, 0) is 25.5 Å². The lowest BCUT2D eigenvalue weighted by Crippen LogP contribution is -2.14. The fourth-order valence-corrected chi connectivity index (χ4v) is 2.20. The Labute approximate surface area is 131 Å². The Morgan fingerprint density at radius 2 is 2.00 bits per heavy atom. The molecule has 0 aliphatic carbocycles. The predicted molar refractivity (Wildman–Crippen MR) is 79.6 cm³/mol. The van der Waals surface area contributed by atoms with Crippen molar-refractivity contribution in [2.75, 3.05) is 0 Å². The van der Waals surface area contributed by atoms with Gasteiger partial charge in [0.15, 0.2) is 0 Å². The summed E-state index contributed by atoms with van der Waals surface area (Å²) in [5, 5.41) is -1.17. The third-order valence-electron chi connectivity index (χ3n) is 2.41. The number of pyridine rings is 1. The van der Waals surface area contributed by atoms with E-state index in [0.717, 1.165) is 0 Å². The maximum absolute atomic E-state index is 13.0. The maximum Gasteiger partial charge on any atom is 0.420 e. The van der Waals surface area contributed by atoms with Crippen LogP contribution in [0.2, 0.25) is 0 Å². The van der Waals surface area contributed by atoms with Crippen LogP contribution in [0.15, 0.2) is 51.2 Å². The molecule has 2 nitrogen and oxygen atoms in total. The maximum atomic E-state index is 13.0. The zero-order chi connectivity index (χ0) is 16.0. The fourth-order valence-electron chi connectivity index (χ4n) is 1.47. The van der Waals surface area contributed by atoms with Gasteiger partial charge in [-0.1, -0.05) is 42.3 Å². The normalized spacial score (nSPS) is 15.0. The van der Waals surface area contributed by atoms with E-state index in [0.29, 0.717) is 12.1 Å². The second kappa shape index (κ2) is 7.61. The van der Waals surface area contributed by atoms with Crippen molar-refractivity contribution < 1.29 is 13.2 Å². The van der Waals surface area contributed by atoms with Crippen LogP contribution in [0.4, 0.5) is 13.2 Å². The number of rotatable bonds is 4. The number of hydrogen-bond acceptors (Lipinski definition) is 2. The van der Waals surface area contributed by atoms with Gasteiger partial charge in [-0.3, -0.25) is 4.98 Å². The predicted octanol–water partition coefficient (Wildman–Crippen LogP) is 5.44. The topological polar surface area (TPSA) is 25.2 Å². The smallest absolute Gasteiger partial charge is 0.255 e. The molecule has 1 rings (SSSR count). The Kier molecular flexibility index (Phi) is 6.42. The first-order valence-corrected chi connectivity index (χ1v) is 6.82. The van der Waals surface area contributed by atoms with E-state index in [9.17, 15) is 13.2 Å². The first-order valence-electron chi connectivity index (χ1n) is 6.07. The molecule has 0 N–H and O–H groups in total. The van der Waals surface area contributed by atoms with E-state index in [2.05, 4.69) is 9.98 Å². The highest BCUT2D eigenvalue weighted by molar-refractivity contribution is 6.36. The minimum Gasteiger partial charge on any atom is -0.255 e. The van der Waals surface area contributed by atoms with E-state index in [1.165, 1.54) is 19.2 Å². The summed E-state index contributed by atoms with van der Waals surface area (Å²) in [6.45, 7) is 3.20. The summed E-state index contributed by atoms with van der Waals surface area (Å²) in [4.78, 5) is 7.76. The molecule has 0 unspecified atom stereocenters. The number of allylic oxidation sites excluding steroid dienone is 3. The Morgan fingerprint density at radius 1 is 1.33 bits per heavy atom. The average Bonchev–Trinajstić information content (AvgIpc) is 2.38. The van der Waals surface area contributed by atoms with E-state index >= 15 is 0 Å². The first-order chi connectivity index (χ1) is 9.77. The number of alkyl halides is 3.